The molecule has 1 fully saturated rings. The Hall–Kier alpha value is -2.47. The molecule has 1 heterocycles. The van der Waals surface area contributed by atoms with Crippen LogP contribution in [-0.4, -0.2) is 64.3 Å². The van der Waals surface area contributed by atoms with Crippen molar-refractivity contribution < 1.29 is 13.9 Å². The van der Waals surface area contributed by atoms with Gasteiger partial charge in [-0.3, -0.25) is 0 Å². The van der Waals surface area contributed by atoms with E-state index in [0.29, 0.717) is 24.6 Å². The smallest absolute Gasteiger partial charge is 0.317 e. The molecule has 1 N–H and O–H groups in total. The van der Waals surface area contributed by atoms with Gasteiger partial charge in [-0.05, 0) is 79.6 Å². The highest BCUT2D eigenvalue weighted by molar-refractivity contribution is 6.40. The zero-order valence-electron chi connectivity index (χ0n) is 19.8. The number of nitrogens with one attached hydrogen (secondary N) is 1. The van der Waals surface area contributed by atoms with E-state index in [1.165, 1.54) is 29.2 Å². The maximum atomic E-state index is 13.5. The molecule has 0 spiro atoms. The number of nitrogens with zero attached hydrogens (tertiary/aromatic N) is 2. The molecular weight excluding hydrogens is 415 g/mol. The van der Waals surface area contributed by atoms with Gasteiger partial charge in [0, 0.05) is 12.6 Å². The summed E-state index contributed by atoms with van der Waals surface area (Å²) in [5.74, 6) is 0.861. The van der Waals surface area contributed by atoms with Crippen molar-refractivity contribution >= 4 is 21.7 Å². The molecule has 172 valence electrons. The number of ether oxygens (including phenoxy) is 1. The summed E-state index contributed by atoms with van der Waals surface area (Å²) in [5, 5.41) is 1.39. The summed E-state index contributed by atoms with van der Waals surface area (Å²) >= 11 is 0. The molecule has 0 aliphatic carbocycles. The van der Waals surface area contributed by atoms with E-state index < -0.39 is 5.34 Å². The SMILES string of the molecule is [B]C([B])(c1ccc(F)cc1)N(C(=O)NCc1ccc(OCC(C)C)cc1)C1CCN(C)CC1. The number of hydrogen-bond donors (Lipinski definition) is 1. The minimum Gasteiger partial charge on any atom is -0.493 e. The molecule has 3 rings (SSSR count). The highest BCUT2D eigenvalue weighted by Crippen LogP contribution is 2.29. The van der Waals surface area contributed by atoms with Crippen molar-refractivity contribution in [2.45, 2.75) is 44.6 Å². The zero-order valence-corrected chi connectivity index (χ0v) is 19.8. The topological polar surface area (TPSA) is 44.8 Å². The number of hydrogen-bond acceptors (Lipinski definition) is 3. The molecule has 1 aliphatic heterocycles. The molecule has 2 aromatic rings. The van der Waals surface area contributed by atoms with E-state index in [4.69, 9.17) is 20.4 Å². The summed E-state index contributed by atoms with van der Waals surface area (Å²) < 4.78 is 19.2. The van der Waals surface area contributed by atoms with Crippen LogP contribution < -0.4 is 10.1 Å². The molecule has 0 saturated carbocycles. The van der Waals surface area contributed by atoms with Gasteiger partial charge in [0.05, 0.1) is 22.3 Å². The lowest BCUT2D eigenvalue weighted by molar-refractivity contribution is 0.111. The van der Waals surface area contributed by atoms with Gasteiger partial charge in [0.1, 0.15) is 11.6 Å². The number of carbonyl (C=O) groups excluding carboxylic acids is 1. The Labute approximate surface area is 199 Å². The van der Waals surface area contributed by atoms with Crippen LogP contribution >= 0.6 is 0 Å². The highest BCUT2D eigenvalue weighted by Gasteiger charge is 2.37. The third-order valence-corrected chi connectivity index (χ3v) is 5.93. The van der Waals surface area contributed by atoms with Crippen LogP contribution in [0.4, 0.5) is 9.18 Å². The van der Waals surface area contributed by atoms with Crippen molar-refractivity contribution in [2.24, 2.45) is 5.92 Å². The molecule has 0 aromatic heterocycles. The van der Waals surface area contributed by atoms with Crippen molar-refractivity contribution in [2.75, 3.05) is 26.7 Å². The highest BCUT2D eigenvalue weighted by atomic mass is 19.1. The van der Waals surface area contributed by atoms with Gasteiger partial charge < -0.3 is 19.9 Å². The summed E-state index contributed by atoms with van der Waals surface area (Å²) in [4.78, 5) is 17.1. The Kier molecular flexibility index (Phi) is 8.46. The number of likely N-dealkylation sites (tertiary alicyclic amines) is 1. The van der Waals surface area contributed by atoms with Gasteiger partial charge >= 0.3 is 6.03 Å². The lowest BCUT2D eigenvalue weighted by Gasteiger charge is -2.47. The lowest BCUT2D eigenvalue weighted by Crippen LogP contribution is -2.60. The Morgan fingerprint density at radius 2 is 1.76 bits per heavy atom. The molecule has 1 saturated heterocycles. The van der Waals surface area contributed by atoms with Gasteiger partial charge in [0.2, 0.25) is 0 Å². The largest absolute Gasteiger partial charge is 0.493 e. The van der Waals surface area contributed by atoms with Crippen molar-refractivity contribution in [1.82, 2.24) is 15.1 Å². The van der Waals surface area contributed by atoms with Crippen LogP contribution in [0.1, 0.15) is 37.8 Å². The normalized spacial score (nSPS) is 15.4. The van der Waals surface area contributed by atoms with Crippen molar-refractivity contribution in [3.63, 3.8) is 0 Å². The predicted octanol–water partition coefficient (Wildman–Crippen LogP) is 3.61. The van der Waals surface area contributed by atoms with E-state index in [1.54, 1.807) is 0 Å². The average Bonchev–Trinajstić information content (AvgIpc) is 2.78. The number of amides is 2. The van der Waals surface area contributed by atoms with E-state index in [2.05, 4.69) is 24.1 Å². The third kappa shape index (κ3) is 6.76. The quantitative estimate of drug-likeness (QED) is 0.630. The second kappa shape index (κ2) is 11.1. The molecule has 5 nitrogen and oxygen atoms in total. The average molecular weight is 447 g/mol. The number of carbonyl (C=O) groups is 1. The molecule has 1 aliphatic rings. The molecule has 8 heteroatoms. The van der Waals surface area contributed by atoms with Gasteiger partial charge in [-0.1, -0.05) is 38.1 Å². The van der Waals surface area contributed by atoms with Gasteiger partial charge in [0.15, 0.2) is 0 Å². The van der Waals surface area contributed by atoms with Crippen LogP contribution in [0.2, 0.25) is 0 Å². The van der Waals surface area contributed by atoms with Gasteiger partial charge in [0.25, 0.3) is 0 Å². The van der Waals surface area contributed by atoms with Crippen LogP contribution in [-0.2, 0) is 11.9 Å². The molecular formula is C25H32B2FN3O2. The second-order valence-corrected chi connectivity index (χ2v) is 9.24. The Morgan fingerprint density at radius 1 is 1.15 bits per heavy atom. The van der Waals surface area contributed by atoms with E-state index in [1.807, 2.05) is 31.3 Å². The molecule has 0 bridgehead atoms. The maximum Gasteiger partial charge on any atom is 0.317 e. The first-order chi connectivity index (χ1) is 15.7. The molecule has 2 aromatic carbocycles. The molecule has 0 unspecified atom stereocenters. The van der Waals surface area contributed by atoms with Crippen LogP contribution in [0.3, 0.4) is 0 Å². The van der Waals surface area contributed by atoms with E-state index in [-0.39, 0.29) is 17.9 Å². The molecule has 33 heavy (non-hydrogen) atoms. The molecule has 2 amide bonds. The Bertz CT molecular complexity index is 899. The summed E-state index contributed by atoms with van der Waals surface area (Å²) in [5.41, 5.74) is 1.41. The van der Waals surface area contributed by atoms with Crippen molar-refractivity contribution in [3.05, 3.63) is 65.5 Å². The Balaban J connectivity index is 1.73. The van der Waals surface area contributed by atoms with Crippen LogP contribution in [0.25, 0.3) is 0 Å². The number of rotatable bonds is 8. The maximum absolute atomic E-state index is 13.5. The first-order valence-electron chi connectivity index (χ1n) is 11.5. The van der Waals surface area contributed by atoms with Crippen molar-refractivity contribution in [3.8, 4) is 5.75 Å². The second-order valence-electron chi connectivity index (χ2n) is 9.24. The van der Waals surface area contributed by atoms with Crippen LogP contribution in [0.5, 0.6) is 5.75 Å². The standard InChI is InChI=1S/C25H32B2FN3O2/c1-18(2)17-33-23-10-4-19(5-11-23)16-29-24(32)31(22-12-14-30(3)15-13-22)25(26,27)20-6-8-21(28)9-7-20/h4-11,18,22H,12-17H2,1-3H3,(H,29,32). The number of benzene rings is 2. The fourth-order valence-corrected chi connectivity index (χ4v) is 3.97. The first-order valence-corrected chi connectivity index (χ1v) is 11.5. The summed E-state index contributed by atoms with van der Waals surface area (Å²) in [6.45, 7) is 6.85. The lowest BCUT2D eigenvalue weighted by atomic mass is 9.56. The fourth-order valence-electron chi connectivity index (χ4n) is 3.97. The number of urea groups is 1. The van der Waals surface area contributed by atoms with E-state index in [0.717, 1.165) is 37.2 Å². The van der Waals surface area contributed by atoms with Crippen molar-refractivity contribution in [1.29, 1.82) is 0 Å². The van der Waals surface area contributed by atoms with Crippen LogP contribution in [0, 0.1) is 11.7 Å². The van der Waals surface area contributed by atoms with Gasteiger partial charge in [-0.15, -0.1) is 0 Å². The minimum absolute atomic E-state index is 0.131. The molecule has 0 atom stereocenters. The summed E-state index contributed by atoms with van der Waals surface area (Å²) in [6, 6.07) is 12.8. The number of halogens is 1. The number of piperidine rings is 1. The first kappa shape index (κ1) is 25.2. The predicted molar refractivity (Wildman–Crippen MR) is 131 cm³/mol. The monoisotopic (exact) mass is 447 g/mol. The van der Waals surface area contributed by atoms with E-state index in [9.17, 15) is 9.18 Å². The third-order valence-electron chi connectivity index (χ3n) is 5.93. The fraction of sp³-hybridized carbons (Fsp3) is 0.480. The minimum atomic E-state index is -1.58. The van der Waals surface area contributed by atoms with Gasteiger partial charge in [-0.2, -0.15) is 0 Å². The summed E-state index contributed by atoms with van der Waals surface area (Å²) in [6.07, 6.45) is 1.51. The zero-order chi connectivity index (χ0) is 24.0. The van der Waals surface area contributed by atoms with Gasteiger partial charge in [-0.25, -0.2) is 9.18 Å². The summed E-state index contributed by atoms with van der Waals surface area (Å²) in [7, 11) is 15.1. The van der Waals surface area contributed by atoms with E-state index >= 15 is 0 Å². The van der Waals surface area contributed by atoms with Crippen LogP contribution in [0.15, 0.2) is 48.5 Å². The molecule has 4 radical (unpaired) electrons. The Morgan fingerprint density at radius 3 is 2.33 bits per heavy atom.